The zero-order valence-corrected chi connectivity index (χ0v) is 14.9. The monoisotopic (exact) mass is 338 g/mol. The van der Waals surface area contributed by atoms with E-state index in [0.717, 1.165) is 39.0 Å². The Morgan fingerprint density at radius 2 is 2.00 bits per heavy atom. The van der Waals surface area contributed by atoms with Gasteiger partial charge in [0.25, 0.3) is 0 Å². The van der Waals surface area contributed by atoms with Crippen molar-refractivity contribution in [3.63, 3.8) is 0 Å². The number of morpholine rings is 1. The lowest BCUT2D eigenvalue weighted by atomic mass is 10.1. The minimum absolute atomic E-state index is 0.0520. The fraction of sp³-hybridized carbons (Fsp3) is 0.882. The largest absolute Gasteiger partial charge is 0.373 e. The number of hydrogen-bond donors (Lipinski definition) is 1. The van der Waals surface area contributed by atoms with Crippen molar-refractivity contribution in [2.24, 2.45) is 0 Å². The van der Waals surface area contributed by atoms with Crippen LogP contribution >= 0.6 is 0 Å². The van der Waals surface area contributed by atoms with Crippen LogP contribution in [0.15, 0.2) is 0 Å². The zero-order chi connectivity index (χ0) is 17.1. The van der Waals surface area contributed by atoms with Gasteiger partial charge in [0.1, 0.15) is 0 Å². The van der Waals surface area contributed by atoms with Crippen molar-refractivity contribution in [3.05, 3.63) is 0 Å². The topological polar surface area (TPSA) is 65.1 Å². The summed E-state index contributed by atoms with van der Waals surface area (Å²) in [5.41, 5.74) is 0. The number of piperazine rings is 1. The van der Waals surface area contributed by atoms with Crippen molar-refractivity contribution >= 4 is 11.8 Å². The molecule has 0 aliphatic carbocycles. The molecule has 0 unspecified atom stereocenters. The lowest BCUT2D eigenvalue weighted by Crippen LogP contribution is -2.54. The van der Waals surface area contributed by atoms with E-state index < -0.39 is 0 Å². The van der Waals surface area contributed by atoms with E-state index in [1.165, 1.54) is 0 Å². The summed E-state index contributed by atoms with van der Waals surface area (Å²) in [4.78, 5) is 30.4. The molecule has 3 aliphatic rings. The van der Waals surface area contributed by atoms with Crippen LogP contribution in [0.5, 0.6) is 0 Å². The Hall–Kier alpha value is -1.18. The van der Waals surface area contributed by atoms with Gasteiger partial charge >= 0.3 is 0 Å². The highest BCUT2D eigenvalue weighted by molar-refractivity contribution is 5.86. The number of carbonyl (C=O) groups is 2. The maximum Gasteiger partial charge on any atom is 0.239 e. The first kappa shape index (κ1) is 17.6. The van der Waals surface area contributed by atoms with Gasteiger partial charge < -0.3 is 15.0 Å². The van der Waals surface area contributed by atoms with E-state index in [2.05, 4.69) is 29.0 Å². The summed E-state index contributed by atoms with van der Waals surface area (Å²) in [5.74, 6) is 0.0318. The smallest absolute Gasteiger partial charge is 0.239 e. The third kappa shape index (κ3) is 4.46. The van der Waals surface area contributed by atoms with Crippen molar-refractivity contribution in [3.8, 4) is 0 Å². The Balaban J connectivity index is 1.51. The summed E-state index contributed by atoms with van der Waals surface area (Å²) < 4.78 is 5.81. The van der Waals surface area contributed by atoms with Crippen LogP contribution in [0.2, 0.25) is 0 Å². The van der Waals surface area contributed by atoms with Gasteiger partial charge in [0.05, 0.1) is 25.3 Å². The molecule has 3 rings (SSSR count). The summed E-state index contributed by atoms with van der Waals surface area (Å²) in [5, 5.41) is 2.77. The number of amides is 2. The summed E-state index contributed by atoms with van der Waals surface area (Å²) in [6.45, 7) is 10.0. The van der Waals surface area contributed by atoms with Gasteiger partial charge in [0, 0.05) is 38.8 Å². The molecule has 2 amide bonds. The first-order valence-electron chi connectivity index (χ1n) is 9.17. The number of nitrogens with zero attached hydrogens (tertiary/aromatic N) is 3. The highest BCUT2D eigenvalue weighted by Gasteiger charge is 2.32. The van der Waals surface area contributed by atoms with Crippen molar-refractivity contribution in [1.29, 1.82) is 0 Å². The Morgan fingerprint density at radius 1 is 1.25 bits per heavy atom. The minimum Gasteiger partial charge on any atom is -0.373 e. The van der Waals surface area contributed by atoms with E-state index in [1.807, 2.05) is 0 Å². The Kier molecular flexibility index (Phi) is 5.73. The summed E-state index contributed by atoms with van der Waals surface area (Å²) in [7, 11) is 0. The maximum absolute atomic E-state index is 12.5. The summed E-state index contributed by atoms with van der Waals surface area (Å²) in [6, 6.07) is 0.435. The highest BCUT2D eigenvalue weighted by Crippen LogP contribution is 2.20. The molecule has 0 aromatic rings. The van der Waals surface area contributed by atoms with Gasteiger partial charge in [-0.25, -0.2) is 0 Å². The molecule has 3 heterocycles. The highest BCUT2D eigenvalue weighted by atomic mass is 16.5. The lowest BCUT2D eigenvalue weighted by molar-refractivity contribution is -0.139. The number of likely N-dealkylation sites (tertiary alicyclic amines) is 1. The van der Waals surface area contributed by atoms with Crippen molar-refractivity contribution in [2.45, 2.75) is 44.9 Å². The average molecular weight is 338 g/mol. The normalized spacial score (nSPS) is 32.8. The van der Waals surface area contributed by atoms with Crippen molar-refractivity contribution in [1.82, 2.24) is 20.0 Å². The van der Waals surface area contributed by atoms with Gasteiger partial charge in [-0.3, -0.25) is 19.4 Å². The van der Waals surface area contributed by atoms with E-state index in [0.29, 0.717) is 25.7 Å². The van der Waals surface area contributed by atoms with E-state index in [-0.39, 0.29) is 30.6 Å². The number of hydrogen-bond acceptors (Lipinski definition) is 5. The molecule has 0 aromatic heterocycles. The third-order valence-electron chi connectivity index (χ3n) is 5.19. The molecule has 1 N–H and O–H groups in total. The molecule has 0 radical (unpaired) electrons. The minimum atomic E-state index is -0.0520. The molecule has 7 nitrogen and oxygen atoms in total. The number of ether oxygens (including phenoxy) is 1. The maximum atomic E-state index is 12.5. The lowest BCUT2D eigenvalue weighted by Gasteiger charge is -2.38. The predicted octanol–water partition coefficient (Wildman–Crippen LogP) is -0.482. The predicted molar refractivity (Wildman–Crippen MR) is 90.6 cm³/mol. The van der Waals surface area contributed by atoms with Crippen LogP contribution in [0.25, 0.3) is 0 Å². The van der Waals surface area contributed by atoms with Crippen LogP contribution in [0.4, 0.5) is 0 Å². The fourth-order valence-corrected chi connectivity index (χ4v) is 4.17. The van der Waals surface area contributed by atoms with Gasteiger partial charge in [0.2, 0.25) is 11.8 Å². The molecule has 24 heavy (non-hydrogen) atoms. The van der Waals surface area contributed by atoms with Gasteiger partial charge in [0.15, 0.2) is 0 Å². The molecule has 0 spiro atoms. The summed E-state index contributed by atoms with van der Waals surface area (Å²) >= 11 is 0. The Bertz CT molecular complexity index is 463. The second-order valence-corrected chi connectivity index (χ2v) is 7.41. The molecule has 7 heteroatoms. The van der Waals surface area contributed by atoms with Crippen molar-refractivity contribution in [2.75, 3.05) is 52.4 Å². The SMILES string of the molecule is C[C@@H]1CN(C[C@@H]2CCCN2CC(=O)N2CCNC(=O)C2)C[C@@H](C)O1. The van der Waals surface area contributed by atoms with Gasteiger partial charge in [-0.15, -0.1) is 0 Å². The standard InChI is InChI=1S/C17H30N4O3/c1-13-8-19(9-14(2)24-13)10-15-4-3-6-20(15)12-17(23)21-7-5-18-16(22)11-21/h13-15H,3-12H2,1-2H3,(H,18,22)/t13-,14-,15+/m1/s1. The van der Waals surface area contributed by atoms with E-state index in [4.69, 9.17) is 4.74 Å². The second-order valence-electron chi connectivity index (χ2n) is 7.41. The molecule has 3 aliphatic heterocycles. The van der Waals surface area contributed by atoms with Crippen LogP contribution in [-0.2, 0) is 14.3 Å². The molecular weight excluding hydrogens is 308 g/mol. The van der Waals surface area contributed by atoms with E-state index >= 15 is 0 Å². The number of rotatable bonds is 4. The quantitative estimate of drug-likeness (QED) is 0.750. The molecule has 0 bridgehead atoms. The first-order chi connectivity index (χ1) is 11.5. The van der Waals surface area contributed by atoms with Crippen LogP contribution in [-0.4, -0.2) is 97.1 Å². The first-order valence-corrected chi connectivity index (χ1v) is 9.17. The van der Waals surface area contributed by atoms with Crippen LogP contribution in [0.3, 0.4) is 0 Å². The molecule has 3 fully saturated rings. The molecule has 0 saturated carbocycles. The van der Waals surface area contributed by atoms with Gasteiger partial charge in [-0.1, -0.05) is 0 Å². The Morgan fingerprint density at radius 3 is 2.71 bits per heavy atom. The third-order valence-corrected chi connectivity index (χ3v) is 5.19. The molecule has 3 saturated heterocycles. The zero-order valence-electron chi connectivity index (χ0n) is 14.9. The van der Waals surface area contributed by atoms with Gasteiger partial charge in [-0.05, 0) is 33.2 Å². The number of carbonyl (C=O) groups excluding carboxylic acids is 2. The van der Waals surface area contributed by atoms with Crippen LogP contribution in [0.1, 0.15) is 26.7 Å². The van der Waals surface area contributed by atoms with Crippen molar-refractivity contribution < 1.29 is 14.3 Å². The molecule has 3 atom stereocenters. The molecular formula is C17H30N4O3. The second kappa shape index (κ2) is 7.80. The van der Waals surface area contributed by atoms with Crippen LogP contribution < -0.4 is 5.32 Å². The van der Waals surface area contributed by atoms with E-state index in [9.17, 15) is 9.59 Å². The molecule has 136 valence electrons. The number of nitrogens with one attached hydrogen (secondary N) is 1. The summed E-state index contributed by atoms with van der Waals surface area (Å²) in [6.07, 6.45) is 2.84. The molecule has 0 aromatic carbocycles. The fourth-order valence-electron chi connectivity index (χ4n) is 4.17. The average Bonchev–Trinajstić information content (AvgIpc) is 2.93. The van der Waals surface area contributed by atoms with Crippen LogP contribution in [0, 0.1) is 0 Å². The van der Waals surface area contributed by atoms with E-state index in [1.54, 1.807) is 4.90 Å². The van der Waals surface area contributed by atoms with Gasteiger partial charge in [-0.2, -0.15) is 0 Å². The Labute approximate surface area is 144 Å².